The van der Waals surface area contributed by atoms with Crippen molar-refractivity contribution in [2.24, 2.45) is 5.92 Å². The number of carbonyl (C=O) groups excluding carboxylic acids is 2. The van der Waals surface area contributed by atoms with E-state index in [0.29, 0.717) is 18.2 Å². The van der Waals surface area contributed by atoms with Crippen LogP contribution in [-0.4, -0.2) is 135 Å². The molecule has 2 bridgehead atoms. The van der Waals surface area contributed by atoms with E-state index in [0.717, 1.165) is 90.3 Å². The van der Waals surface area contributed by atoms with E-state index in [-0.39, 0.29) is 35.5 Å². The number of alkyl halides is 2. The second-order valence-electron chi connectivity index (χ2n) is 15.5. The van der Waals surface area contributed by atoms with Crippen molar-refractivity contribution in [3.8, 4) is 0 Å². The van der Waals surface area contributed by atoms with Gasteiger partial charge >= 0.3 is 6.09 Å². The third-order valence-corrected chi connectivity index (χ3v) is 10.6. The van der Waals surface area contributed by atoms with Crippen molar-refractivity contribution in [2.75, 3.05) is 76.2 Å². The van der Waals surface area contributed by atoms with Crippen LogP contribution in [-0.2, 0) is 9.47 Å². The second kappa shape index (κ2) is 14.6. The summed E-state index contributed by atoms with van der Waals surface area (Å²) in [5, 5.41) is 11.2. The van der Waals surface area contributed by atoms with E-state index in [4.69, 9.17) is 14.5 Å². The molecule has 4 saturated heterocycles. The molecule has 1 N–H and O–H groups in total. The Morgan fingerprint density at radius 2 is 1.88 bits per heavy atom. The largest absolute Gasteiger partial charge is 0.444 e. The number of rotatable bonds is 10. The van der Waals surface area contributed by atoms with Gasteiger partial charge in [-0.15, -0.1) is 0 Å². The van der Waals surface area contributed by atoms with E-state index in [2.05, 4.69) is 37.3 Å². The number of hydrogen-bond donors (Lipinski definition) is 1. The third kappa shape index (κ3) is 8.12. The SMILES string of the molecule is CN(CCN1CCC(n2cc(NC(=O)c3cnn4ccc(N5C[C@H]6C[C@@H]5CO6)nc34)c(C(F)F)n2)CC1)CC1CCN(C(=O)OC(C)(C)C)CC1. The van der Waals surface area contributed by atoms with Gasteiger partial charge in [0.2, 0.25) is 0 Å². The van der Waals surface area contributed by atoms with Gasteiger partial charge in [-0.2, -0.15) is 10.2 Å². The topological polar surface area (TPSA) is 126 Å². The number of anilines is 2. The van der Waals surface area contributed by atoms with Crippen LogP contribution < -0.4 is 10.2 Å². The number of halogens is 2. The molecular weight excluding hydrogens is 662 g/mol. The number of piperidine rings is 2. The summed E-state index contributed by atoms with van der Waals surface area (Å²) in [6, 6.07) is 2.08. The molecule has 4 aliphatic heterocycles. The molecule has 3 aromatic rings. The number of likely N-dealkylation sites (N-methyl/N-ethyl adjacent to an activating group) is 1. The molecule has 278 valence electrons. The highest BCUT2D eigenvalue weighted by Gasteiger charge is 2.40. The van der Waals surface area contributed by atoms with Gasteiger partial charge < -0.3 is 34.4 Å². The van der Waals surface area contributed by atoms with E-state index in [1.54, 1.807) is 10.9 Å². The minimum absolute atomic E-state index is 0.000452. The number of nitrogens with zero attached hydrogens (tertiary/aromatic N) is 9. The van der Waals surface area contributed by atoms with Gasteiger partial charge in [0.1, 0.15) is 17.0 Å². The average Bonchev–Trinajstić information content (AvgIpc) is 3.91. The van der Waals surface area contributed by atoms with Crippen LogP contribution in [0.25, 0.3) is 5.65 Å². The minimum atomic E-state index is -2.84. The van der Waals surface area contributed by atoms with E-state index in [9.17, 15) is 18.4 Å². The fourth-order valence-electron chi connectivity index (χ4n) is 7.78. The Labute approximate surface area is 297 Å². The van der Waals surface area contributed by atoms with Gasteiger partial charge in [-0.25, -0.2) is 23.1 Å². The molecular formula is C35H50F2N10O4. The summed E-state index contributed by atoms with van der Waals surface area (Å²) >= 11 is 0. The Morgan fingerprint density at radius 3 is 2.55 bits per heavy atom. The highest BCUT2D eigenvalue weighted by atomic mass is 19.3. The van der Waals surface area contributed by atoms with Gasteiger partial charge in [0, 0.05) is 64.8 Å². The van der Waals surface area contributed by atoms with Crippen molar-refractivity contribution in [3.63, 3.8) is 0 Å². The lowest BCUT2D eigenvalue weighted by Gasteiger charge is -2.36. The van der Waals surface area contributed by atoms with Crippen LogP contribution in [0, 0.1) is 5.92 Å². The van der Waals surface area contributed by atoms with Gasteiger partial charge in [-0.1, -0.05) is 0 Å². The Hall–Kier alpha value is -3.89. The normalized spacial score (nSPS) is 22.2. The molecule has 4 aliphatic rings. The first-order valence-electron chi connectivity index (χ1n) is 18.2. The van der Waals surface area contributed by atoms with Crippen LogP contribution in [0.4, 0.5) is 25.1 Å². The Kier molecular flexibility index (Phi) is 10.2. The second-order valence-corrected chi connectivity index (χ2v) is 15.5. The van der Waals surface area contributed by atoms with E-state index >= 15 is 0 Å². The lowest BCUT2D eigenvalue weighted by molar-refractivity contribution is 0.0171. The number of morpholine rings is 1. The van der Waals surface area contributed by atoms with Crippen molar-refractivity contribution in [1.29, 1.82) is 0 Å². The minimum Gasteiger partial charge on any atom is -0.444 e. The molecule has 0 saturated carbocycles. The fourth-order valence-corrected chi connectivity index (χ4v) is 7.78. The van der Waals surface area contributed by atoms with Crippen molar-refractivity contribution >= 4 is 29.2 Å². The Balaban J connectivity index is 0.895. The number of fused-ring (bicyclic) bond motifs is 3. The summed E-state index contributed by atoms with van der Waals surface area (Å²) in [4.78, 5) is 39.3. The van der Waals surface area contributed by atoms with Crippen LogP contribution in [0.3, 0.4) is 0 Å². The van der Waals surface area contributed by atoms with Crippen LogP contribution >= 0.6 is 0 Å². The lowest BCUT2D eigenvalue weighted by Crippen LogP contribution is -2.44. The maximum Gasteiger partial charge on any atom is 0.410 e. The van der Waals surface area contributed by atoms with Gasteiger partial charge in [-0.05, 0) is 71.9 Å². The molecule has 0 aliphatic carbocycles. The molecule has 0 unspecified atom stereocenters. The van der Waals surface area contributed by atoms with Crippen LogP contribution in [0.1, 0.15) is 81.4 Å². The quantitative estimate of drug-likeness (QED) is 0.325. The van der Waals surface area contributed by atoms with E-state index in [1.165, 1.54) is 16.9 Å². The predicted molar refractivity (Wildman–Crippen MR) is 186 cm³/mol. The van der Waals surface area contributed by atoms with E-state index in [1.807, 2.05) is 31.7 Å². The monoisotopic (exact) mass is 712 g/mol. The molecule has 4 fully saturated rings. The maximum absolute atomic E-state index is 14.2. The summed E-state index contributed by atoms with van der Waals surface area (Å²) in [5.74, 6) is 0.722. The van der Waals surface area contributed by atoms with Gasteiger partial charge in [0.15, 0.2) is 11.3 Å². The van der Waals surface area contributed by atoms with Crippen molar-refractivity contribution < 1.29 is 27.8 Å². The standard InChI is InChI=1S/C35H50F2N10O4/c1-35(2,3)51-34(49)44-12-5-23(6-13-44)19-42(4)15-16-43-10-7-24(8-11-43)47-21-28(30(41-47)31(36)37)39-33(48)27-18-38-46-14-9-29(40-32(27)46)45-20-26-17-25(45)22-50-26/h9,14,18,21,23-26,31H,5-8,10-13,15-17,19-20,22H2,1-4H3,(H,39,48)/t25-,26-/m1/s1. The fraction of sp³-hybridized carbons (Fsp3) is 0.686. The molecule has 2 atom stereocenters. The summed E-state index contributed by atoms with van der Waals surface area (Å²) in [6.45, 7) is 13.0. The van der Waals surface area contributed by atoms with Crippen molar-refractivity contribution in [2.45, 2.75) is 83.1 Å². The average molecular weight is 713 g/mol. The highest BCUT2D eigenvalue weighted by molar-refractivity contribution is 6.08. The van der Waals surface area contributed by atoms with Gasteiger partial charge in [0.25, 0.3) is 12.3 Å². The molecule has 7 rings (SSSR count). The number of amides is 2. The van der Waals surface area contributed by atoms with Crippen molar-refractivity contribution in [3.05, 3.63) is 35.9 Å². The molecule has 3 aromatic heterocycles. The number of nitrogens with one attached hydrogen (secondary N) is 1. The highest BCUT2D eigenvalue weighted by Crippen LogP contribution is 2.33. The molecule has 0 aromatic carbocycles. The summed E-state index contributed by atoms with van der Waals surface area (Å²) in [7, 11) is 2.15. The number of aromatic nitrogens is 5. The Morgan fingerprint density at radius 1 is 1.12 bits per heavy atom. The summed E-state index contributed by atoms with van der Waals surface area (Å²) in [6.07, 6.45) is 6.26. The molecule has 7 heterocycles. The van der Waals surface area contributed by atoms with Gasteiger partial charge in [0.05, 0.1) is 36.7 Å². The zero-order chi connectivity index (χ0) is 35.9. The van der Waals surface area contributed by atoms with Gasteiger partial charge in [-0.3, -0.25) is 9.48 Å². The molecule has 51 heavy (non-hydrogen) atoms. The molecule has 16 heteroatoms. The zero-order valence-electron chi connectivity index (χ0n) is 30.0. The Bertz CT molecular complexity index is 1690. The number of ether oxygens (including phenoxy) is 2. The summed E-state index contributed by atoms with van der Waals surface area (Å²) < 4.78 is 42.7. The number of carbonyl (C=O) groups is 2. The van der Waals surface area contributed by atoms with E-state index < -0.39 is 23.6 Å². The first-order chi connectivity index (χ1) is 24.4. The molecule has 0 spiro atoms. The summed E-state index contributed by atoms with van der Waals surface area (Å²) in [5.41, 5.74) is -0.361. The number of likely N-dealkylation sites (tertiary alicyclic amines) is 2. The maximum atomic E-state index is 14.2. The molecule has 0 radical (unpaired) electrons. The smallest absolute Gasteiger partial charge is 0.410 e. The zero-order valence-corrected chi connectivity index (χ0v) is 30.0. The van der Waals surface area contributed by atoms with Crippen LogP contribution in [0.15, 0.2) is 24.7 Å². The first-order valence-corrected chi connectivity index (χ1v) is 18.2. The molecule has 14 nitrogen and oxygen atoms in total. The predicted octanol–water partition coefficient (Wildman–Crippen LogP) is 4.31. The molecule has 2 amide bonds. The lowest BCUT2D eigenvalue weighted by atomic mass is 9.96. The van der Waals surface area contributed by atoms with Crippen molar-refractivity contribution in [1.82, 2.24) is 39.1 Å². The van der Waals surface area contributed by atoms with Crippen LogP contribution in [0.5, 0.6) is 0 Å². The van der Waals surface area contributed by atoms with Crippen LogP contribution in [0.2, 0.25) is 0 Å². The third-order valence-electron chi connectivity index (χ3n) is 10.6. The number of hydrogen-bond acceptors (Lipinski definition) is 10. The first kappa shape index (κ1) is 35.5.